The number of allylic oxidation sites excluding steroid dienone is 1. The number of aliphatic imine (C=N–C) groups is 1. The van der Waals surface area contributed by atoms with Gasteiger partial charge < -0.3 is 25.4 Å². The van der Waals surface area contributed by atoms with Crippen LogP contribution in [0.1, 0.15) is 47.6 Å². The Hall–Kier alpha value is -4.15. The van der Waals surface area contributed by atoms with Gasteiger partial charge in [0.2, 0.25) is 5.91 Å². The van der Waals surface area contributed by atoms with Crippen molar-refractivity contribution in [2.75, 3.05) is 0 Å². The summed E-state index contributed by atoms with van der Waals surface area (Å²) >= 11 is 0. The number of amides is 1. The van der Waals surface area contributed by atoms with Gasteiger partial charge in [-0.3, -0.25) is 9.79 Å². The molecule has 42 heavy (non-hydrogen) atoms. The summed E-state index contributed by atoms with van der Waals surface area (Å²) in [7, 11) is 0. The highest BCUT2D eigenvalue weighted by molar-refractivity contribution is 5.78. The highest BCUT2D eigenvalue weighted by Crippen LogP contribution is 2.40. The number of hydrogen-bond acceptors (Lipinski definition) is 6. The summed E-state index contributed by atoms with van der Waals surface area (Å²) in [5.41, 5.74) is 0.910. The van der Waals surface area contributed by atoms with Gasteiger partial charge in [0.25, 0.3) is 0 Å². The van der Waals surface area contributed by atoms with Gasteiger partial charge in [-0.15, -0.1) is 13.2 Å². The molecule has 1 aliphatic rings. The average Bonchev–Trinajstić information content (AvgIpc) is 3.40. The molecule has 10 heteroatoms. The fourth-order valence-electron chi connectivity index (χ4n) is 5.11. The molecule has 0 aromatic heterocycles. The largest absolute Gasteiger partial charge is 0.573 e. The molecule has 0 fully saturated rings. The third-order valence-electron chi connectivity index (χ3n) is 7.32. The topological polar surface area (TPSA) is 111 Å². The van der Waals surface area contributed by atoms with Crippen LogP contribution in [0.2, 0.25) is 0 Å². The molecule has 3 aromatic carbocycles. The van der Waals surface area contributed by atoms with Gasteiger partial charge in [-0.2, -0.15) is 0 Å². The third kappa shape index (κ3) is 7.98. The summed E-state index contributed by atoms with van der Waals surface area (Å²) < 4.78 is 40.9. The fourth-order valence-corrected chi connectivity index (χ4v) is 5.11. The van der Waals surface area contributed by atoms with Gasteiger partial charge in [0.05, 0.1) is 24.2 Å². The lowest BCUT2D eigenvalue weighted by atomic mass is 9.75. The molecule has 222 valence electrons. The van der Waals surface area contributed by atoms with E-state index in [4.69, 9.17) is 0 Å². The van der Waals surface area contributed by atoms with Crippen LogP contribution >= 0.6 is 0 Å². The number of rotatable bonds is 12. The van der Waals surface area contributed by atoms with E-state index in [1.165, 1.54) is 30.3 Å². The first-order valence-electron chi connectivity index (χ1n) is 13.5. The quantitative estimate of drug-likeness (QED) is 0.233. The highest BCUT2D eigenvalue weighted by Gasteiger charge is 2.40. The highest BCUT2D eigenvalue weighted by atomic mass is 19.4. The Kier molecular flexibility index (Phi) is 9.38. The minimum Gasteiger partial charge on any atom is -0.508 e. The zero-order chi connectivity index (χ0) is 30.4. The number of carbonyl (C=O) groups excluding carboxylic acids is 1. The maximum Gasteiger partial charge on any atom is 0.573 e. The zero-order valence-electron chi connectivity index (χ0n) is 23.1. The Bertz CT molecular complexity index is 1440. The number of aromatic hydroxyl groups is 1. The minimum absolute atomic E-state index is 0.0569. The second-order valence-electron chi connectivity index (χ2n) is 10.4. The number of hydrogen-bond donors (Lipinski definition) is 4. The first-order valence-corrected chi connectivity index (χ1v) is 13.5. The van der Waals surface area contributed by atoms with Gasteiger partial charge in [0.15, 0.2) is 0 Å². The number of nitrogens with zero attached hydrogens (tertiary/aromatic N) is 1. The number of nitrogens with one attached hydrogen (secondary N) is 1. The smallest absolute Gasteiger partial charge is 0.508 e. The molecule has 4 rings (SSSR count). The van der Waals surface area contributed by atoms with E-state index in [-0.39, 0.29) is 49.8 Å². The number of aliphatic hydroxyl groups excluding tert-OH is 1. The van der Waals surface area contributed by atoms with Gasteiger partial charge in [-0.1, -0.05) is 55.5 Å². The van der Waals surface area contributed by atoms with Crippen molar-refractivity contribution in [1.29, 1.82) is 0 Å². The van der Waals surface area contributed by atoms with E-state index in [0.717, 1.165) is 5.56 Å². The van der Waals surface area contributed by atoms with Crippen molar-refractivity contribution in [3.8, 4) is 11.5 Å². The van der Waals surface area contributed by atoms with E-state index in [1.54, 1.807) is 30.5 Å². The van der Waals surface area contributed by atoms with Crippen LogP contribution in [-0.2, 0) is 36.4 Å². The molecule has 0 radical (unpaired) electrons. The minimum atomic E-state index is -4.77. The number of alkyl halides is 3. The molecule has 3 aromatic rings. The van der Waals surface area contributed by atoms with Crippen molar-refractivity contribution in [1.82, 2.24) is 5.32 Å². The Morgan fingerprint density at radius 2 is 1.76 bits per heavy atom. The molecular formula is C32H33F3N2O5. The van der Waals surface area contributed by atoms with Crippen LogP contribution in [0.25, 0.3) is 0 Å². The van der Waals surface area contributed by atoms with Crippen LogP contribution in [0.15, 0.2) is 83.9 Å². The van der Waals surface area contributed by atoms with Crippen LogP contribution in [0.4, 0.5) is 13.2 Å². The number of benzene rings is 3. The molecule has 2 unspecified atom stereocenters. The standard InChI is InChI=1S/C32H33F3N2O5/c1-2-30(13-4-14-37-30)21-31(41,26-9-12-28(39)25(17-26)20-38)18-24-6-3-5-23(15-24)16-29(40)36-19-22-7-10-27(11-8-22)42-32(33,34)35/h3-15,17,38-39,41H,2,16,18-21H2,1H3,(H,36,40). The van der Waals surface area contributed by atoms with Gasteiger partial charge >= 0.3 is 6.36 Å². The maximum absolute atomic E-state index is 12.7. The van der Waals surface area contributed by atoms with E-state index in [0.29, 0.717) is 28.7 Å². The van der Waals surface area contributed by atoms with Crippen LogP contribution in [-0.4, -0.2) is 39.3 Å². The lowest BCUT2D eigenvalue weighted by Gasteiger charge is -2.36. The number of carbonyl (C=O) groups is 1. The van der Waals surface area contributed by atoms with Crippen LogP contribution in [0, 0.1) is 0 Å². The monoisotopic (exact) mass is 582 g/mol. The van der Waals surface area contributed by atoms with Gasteiger partial charge in [-0.05, 0) is 59.0 Å². The van der Waals surface area contributed by atoms with Gasteiger partial charge in [0.1, 0.15) is 11.5 Å². The summed E-state index contributed by atoms with van der Waals surface area (Å²) in [6.45, 7) is 1.74. The molecule has 1 heterocycles. The lowest BCUT2D eigenvalue weighted by molar-refractivity contribution is -0.274. The van der Waals surface area contributed by atoms with Crippen molar-refractivity contribution in [3.05, 3.63) is 107 Å². The molecule has 1 aliphatic heterocycles. The molecular weight excluding hydrogens is 549 g/mol. The Balaban J connectivity index is 1.47. The molecule has 0 saturated carbocycles. The second kappa shape index (κ2) is 12.8. The predicted molar refractivity (Wildman–Crippen MR) is 152 cm³/mol. The van der Waals surface area contributed by atoms with Gasteiger partial charge in [0, 0.05) is 31.2 Å². The van der Waals surface area contributed by atoms with E-state index >= 15 is 0 Å². The van der Waals surface area contributed by atoms with E-state index in [2.05, 4.69) is 15.0 Å². The van der Waals surface area contributed by atoms with Crippen molar-refractivity contribution in [3.63, 3.8) is 0 Å². The molecule has 0 bridgehead atoms. The summed E-state index contributed by atoms with van der Waals surface area (Å²) in [5.74, 6) is -0.680. The molecule has 0 aliphatic carbocycles. The van der Waals surface area contributed by atoms with Crippen molar-refractivity contribution < 1.29 is 38.0 Å². The molecule has 0 saturated heterocycles. The number of phenols is 1. The summed E-state index contributed by atoms with van der Waals surface area (Å²) in [4.78, 5) is 17.3. The van der Waals surface area contributed by atoms with Crippen LogP contribution < -0.4 is 10.1 Å². The summed E-state index contributed by atoms with van der Waals surface area (Å²) in [6, 6.07) is 17.3. The first kappa shape index (κ1) is 30.8. The van der Waals surface area contributed by atoms with E-state index in [1.807, 2.05) is 31.2 Å². The van der Waals surface area contributed by atoms with Crippen LogP contribution in [0.5, 0.6) is 11.5 Å². The van der Waals surface area contributed by atoms with E-state index in [9.17, 15) is 33.3 Å². The van der Waals surface area contributed by atoms with Gasteiger partial charge in [-0.25, -0.2) is 0 Å². The lowest BCUT2D eigenvalue weighted by Crippen LogP contribution is -2.38. The molecule has 2 atom stereocenters. The average molecular weight is 583 g/mol. The van der Waals surface area contributed by atoms with Crippen LogP contribution in [0.3, 0.4) is 0 Å². The Morgan fingerprint density at radius 1 is 1.02 bits per heavy atom. The Morgan fingerprint density at radius 3 is 2.40 bits per heavy atom. The maximum atomic E-state index is 12.7. The molecule has 0 spiro atoms. The second-order valence-corrected chi connectivity index (χ2v) is 10.4. The Labute approximate surface area is 242 Å². The summed E-state index contributed by atoms with van der Waals surface area (Å²) in [6.07, 6.45) is 1.92. The predicted octanol–water partition coefficient (Wildman–Crippen LogP) is 5.25. The van der Waals surface area contributed by atoms with E-state index < -0.39 is 17.5 Å². The van der Waals surface area contributed by atoms with Crippen molar-refractivity contribution >= 4 is 12.1 Å². The fraction of sp³-hybridized carbons (Fsp3) is 0.312. The number of aliphatic hydroxyl groups is 2. The van der Waals surface area contributed by atoms with Crippen molar-refractivity contribution in [2.24, 2.45) is 4.99 Å². The normalized spacial score (nSPS) is 17.7. The molecule has 1 amide bonds. The molecule has 4 N–H and O–H groups in total. The van der Waals surface area contributed by atoms with Crippen molar-refractivity contribution in [2.45, 2.75) is 63.3 Å². The zero-order valence-corrected chi connectivity index (χ0v) is 23.1. The SMILES string of the molecule is CCC1(CC(O)(Cc2cccc(CC(=O)NCc3ccc(OC(F)(F)F)cc3)c2)c2ccc(O)c(CO)c2)C=CC=N1. The summed E-state index contributed by atoms with van der Waals surface area (Å²) in [5, 5.41) is 34.7. The third-order valence-corrected chi connectivity index (χ3v) is 7.32. The number of ether oxygens (including phenoxy) is 1. The first-order chi connectivity index (χ1) is 19.9. The number of halogens is 3. The molecule has 7 nitrogen and oxygen atoms in total.